The minimum atomic E-state index is -0.183. The summed E-state index contributed by atoms with van der Waals surface area (Å²) in [6.45, 7) is 3.44. The fourth-order valence-electron chi connectivity index (χ4n) is 3.12. The molecule has 0 heterocycles. The summed E-state index contributed by atoms with van der Waals surface area (Å²) in [4.78, 5) is 12.2. The van der Waals surface area contributed by atoms with Gasteiger partial charge in [0.05, 0.1) is 7.11 Å². The van der Waals surface area contributed by atoms with Crippen molar-refractivity contribution in [1.82, 2.24) is 5.32 Å². The average Bonchev–Trinajstić information content (AvgIpc) is 2.78. The van der Waals surface area contributed by atoms with E-state index in [0.717, 1.165) is 35.5 Å². The van der Waals surface area contributed by atoms with Gasteiger partial charge in [0, 0.05) is 17.8 Å². The lowest BCUT2D eigenvalue weighted by atomic mass is 10.1. The lowest BCUT2D eigenvalue weighted by Crippen LogP contribution is -2.21. The zero-order valence-electron chi connectivity index (χ0n) is 17.5. The first-order chi connectivity index (χ1) is 14.7. The van der Waals surface area contributed by atoms with Crippen molar-refractivity contribution in [3.8, 4) is 11.5 Å². The molecule has 0 spiro atoms. The molecule has 0 saturated carbocycles. The lowest BCUT2D eigenvalue weighted by molar-refractivity contribution is -0.118. The van der Waals surface area contributed by atoms with Crippen molar-refractivity contribution < 1.29 is 14.3 Å². The molecule has 3 aromatic rings. The quantitative estimate of drug-likeness (QED) is 0.493. The second-order valence-corrected chi connectivity index (χ2v) is 7.05. The minimum Gasteiger partial charge on any atom is -0.496 e. The summed E-state index contributed by atoms with van der Waals surface area (Å²) in [5.41, 5.74) is 4.10. The zero-order chi connectivity index (χ0) is 21.2. The second-order valence-electron chi connectivity index (χ2n) is 7.05. The van der Waals surface area contributed by atoms with Crippen molar-refractivity contribution in [3.05, 3.63) is 89.5 Å². The monoisotopic (exact) mass is 404 g/mol. The fraction of sp³-hybridized carbons (Fsp3) is 0.240. The Bertz CT molecular complexity index is 955. The van der Waals surface area contributed by atoms with Crippen LogP contribution < -0.4 is 20.1 Å². The molecule has 0 aliphatic heterocycles. The van der Waals surface area contributed by atoms with E-state index >= 15 is 0 Å². The highest BCUT2D eigenvalue weighted by molar-refractivity contribution is 5.91. The molecule has 0 bridgehead atoms. The van der Waals surface area contributed by atoms with Gasteiger partial charge in [-0.1, -0.05) is 54.1 Å². The van der Waals surface area contributed by atoms with E-state index in [0.29, 0.717) is 12.3 Å². The van der Waals surface area contributed by atoms with Gasteiger partial charge in [0.2, 0.25) is 0 Å². The molecule has 3 aromatic carbocycles. The molecular formula is C25H28N2O3. The van der Waals surface area contributed by atoms with Crippen LogP contribution in [-0.2, 0) is 17.8 Å². The Morgan fingerprint density at radius 1 is 0.867 bits per heavy atom. The van der Waals surface area contributed by atoms with E-state index in [1.54, 1.807) is 7.11 Å². The number of benzene rings is 3. The third-order valence-electron chi connectivity index (χ3n) is 4.75. The molecule has 3 rings (SSSR count). The van der Waals surface area contributed by atoms with Gasteiger partial charge in [0.1, 0.15) is 11.5 Å². The number of aryl methyl sites for hydroxylation is 1. The van der Waals surface area contributed by atoms with E-state index in [4.69, 9.17) is 9.47 Å². The van der Waals surface area contributed by atoms with E-state index in [-0.39, 0.29) is 12.5 Å². The van der Waals surface area contributed by atoms with E-state index in [9.17, 15) is 4.79 Å². The Morgan fingerprint density at radius 2 is 1.53 bits per heavy atom. The highest BCUT2D eigenvalue weighted by Crippen LogP contribution is 2.19. The zero-order valence-corrected chi connectivity index (χ0v) is 17.5. The molecule has 2 N–H and O–H groups in total. The molecule has 0 unspecified atom stereocenters. The molecule has 5 heteroatoms. The Labute approximate surface area is 178 Å². The first kappa shape index (κ1) is 21.4. The minimum absolute atomic E-state index is 0.0356. The van der Waals surface area contributed by atoms with Crippen molar-refractivity contribution in [2.45, 2.75) is 19.9 Å². The highest BCUT2D eigenvalue weighted by Gasteiger charge is 2.08. The van der Waals surface area contributed by atoms with Gasteiger partial charge in [-0.15, -0.1) is 0 Å². The van der Waals surface area contributed by atoms with Crippen molar-refractivity contribution in [3.63, 3.8) is 0 Å². The second kappa shape index (κ2) is 11.0. The number of hydrogen-bond donors (Lipinski definition) is 2. The Kier molecular flexibility index (Phi) is 7.86. The number of ether oxygens (including phenoxy) is 2. The largest absolute Gasteiger partial charge is 0.496 e. The van der Waals surface area contributed by atoms with Gasteiger partial charge in [-0.05, 0) is 49.7 Å². The van der Waals surface area contributed by atoms with E-state index in [1.807, 2.05) is 73.7 Å². The van der Waals surface area contributed by atoms with Crippen LogP contribution in [0.2, 0.25) is 0 Å². The van der Waals surface area contributed by atoms with Gasteiger partial charge < -0.3 is 20.1 Å². The third-order valence-corrected chi connectivity index (χ3v) is 4.75. The van der Waals surface area contributed by atoms with Crippen molar-refractivity contribution in [2.24, 2.45) is 0 Å². The van der Waals surface area contributed by atoms with Crippen LogP contribution in [0, 0.1) is 6.92 Å². The van der Waals surface area contributed by atoms with Gasteiger partial charge >= 0.3 is 0 Å². The topological polar surface area (TPSA) is 59.6 Å². The molecule has 5 nitrogen and oxygen atoms in total. The predicted octanol–water partition coefficient (Wildman–Crippen LogP) is 4.35. The highest BCUT2D eigenvalue weighted by atomic mass is 16.5. The van der Waals surface area contributed by atoms with Gasteiger partial charge in [-0.25, -0.2) is 0 Å². The van der Waals surface area contributed by atoms with Crippen molar-refractivity contribution in [1.29, 1.82) is 0 Å². The summed E-state index contributed by atoms with van der Waals surface area (Å²) >= 11 is 0. The molecule has 0 radical (unpaired) electrons. The van der Waals surface area contributed by atoms with Gasteiger partial charge in [-0.3, -0.25) is 4.79 Å². The van der Waals surface area contributed by atoms with Crippen molar-refractivity contribution >= 4 is 11.6 Å². The van der Waals surface area contributed by atoms with Crippen LogP contribution in [0.1, 0.15) is 16.7 Å². The van der Waals surface area contributed by atoms with Crippen LogP contribution in [0.4, 0.5) is 5.69 Å². The average molecular weight is 405 g/mol. The normalized spacial score (nSPS) is 10.5. The smallest absolute Gasteiger partial charge is 0.262 e. The summed E-state index contributed by atoms with van der Waals surface area (Å²) in [7, 11) is 1.69. The van der Waals surface area contributed by atoms with Gasteiger partial charge in [0.15, 0.2) is 6.61 Å². The summed E-state index contributed by atoms with van der Waals surface area (Å²) in [5.74, 6) is 1.43. The van der Waals surface area contributed by atoms with Crippen molar-refractivity contribution in [2.75, 3.05) is 25.6 Å². The molecular weight excluding hydrogens is 376 g/mol. The number of amides is 1. The first-order valence-electron chi connectivity index (χ1n) is 10.1. The molecule has 0 aliphatic rings. The molecule has 0 fully saturated rings. The first-order valence-corrected chi connectivity index (χ1v) is 10.1. The van der Waals surface area contributed by atoms with Gasteiger partial charge in [-0.2, -0.15) is 0 Å². The Morgan fingerprint density at radius 3 is 2.27 bits per heavy atom. The Hall–Kier alpha value is -3.31. The van der Waals surface area contributed by atoms with Crippen LogP contribution in [0.5, 0.6) is 11.5 Å². The van der Waals surface area contributed by atoms with Crippen LogP contribution in [0.25, 0.3) is 0 Å². The van der Waals surface area contributed by atoms with E-state index in [2.05, 4.69) is 16.7 Å². The molecule has 0 atom stereocenters. The standard InChI is InChI=1S/C25H28N2O3/c1-19-11-13-22(14-12-19)27-25(28)18-30-24-10-6-4-8-21(24)17-26-16-15-20-7-3-5-9-23(20)29-2/h3-14,26H,15-18H2,1-2H3,(H,27,28). The molecule has 156 valence electrons. The molecule has 0 aliphatic carbocycles. The Balaban J connectivity index is 1.48. The summed E-state index contributed by atoms with van der Waals surface area (Å²) < 4.78 is 11.2. The van der Waals surface area contributed by atoms with E-state index in [1.165, 1.54) is 5.56 Å². The number of rotatable bonds is 10. The molecule has 30 heavy (non-hydrogen) atoms. The van der Waals surface area contributed by atoms with Crippen LogP contribution in [0.15, 0.2) is 72.8 Å². The third kappa shape index (κ3) is 6.36. The van der Waals surface area contributed by atoms with Gasteiger partial charge in [0.25, 0.3) is 5.91 Å². The molecule has 0 saturated heterocycles. The molecule has 1 amide bonds. The van der Waals surface area contributed by atoms with E-state index < -0.39 is 0 Å². The summed E-state index contributed by atoms with van der Waals surface area (Å²) in [5, 5.41) is 6.29. The number of carbonyl (C=O) groups excluding carboxylic acids is 1. The molecule has 0 aromatic heterocycles. The maximum absolute atomic E-state index is 12.2. The summed E-state index contributed by atoms with van der Waals surface area (Å²) in [6.07, 6.45) is 0.867. The number of carbonyl (C=O) groups is 1. The number of para-hydroxylation sites is 2. The van der Waals surface area contributed by atoms with Crippen LogP contribution >= 0.6 is 0 Å². The van der Waals surface area contributed by atoms with Crippen LogP contribution in [-0.4, -0.2) is 26.2 Å². The summed E-state index contributed by atoms with van der Waals surface area (Å²) in [6, 6.07) is 23.5. The maximum atomic E-state index is 12.2. The maximum Gasteiger partial charge on any atom is 0.262 e. The number of methoxy groups -OCH3 is 1. The predicted molar refractivity (Wildman–Crippen MR) is 120 cm³/mol. The van der Waals surface area contributed by atoms with Crippen LogP contribution in [0.3, 0.4) is 0 Å². The fourth-order valence-corrected chi connectivity index (χ4v) is 3.12. The number of nitrogens with one attached hydrogen (secondary N) is 2. The SMILES string of the molecule is COc1ccccc1CCNCc1ccccc1OCC(=O)Nc1ccc(C)cc1. The lowest BCUT2D eigenvalue weighted by Gasteiger charge is -2.13. The number of hydrogen-bond acceptors (Lipinski definition) is 4. The number of anilines is 1.